The Morgan fingerprint density at radius 3 is 2.69 bits per heavy atom. The molecule has 2 aromatic carbocycles. The molecule has 1 fully saturated rings. The molecule has 2 heterocycles. The Labute approximate surface area is 175 Å². The molecule has 0 atom stereocenters. The second kappa shape index (κ2) is 7.45. The van der Waals surface area contributed by atoms with Gasteiger partial charge in [-0.15, -0.1) is 0 Å². The number of hydrogen-bond donors (Lipinski definition) is 0. The van der Waals surface area contributed by atoms with E-state index in [1.165, 1.54) is 24.1 Å². The van der Waals surface area contributed by atoms with Crippen LogP contribution in [-0.4, -0.2) is 23.5 Å². The molecule has 29 heavy (non-hydrogen) atoms. The second-order valence-electron chi connectivity index (χ2n) is 8.01. The summed E-state index contributed by atoms with van der Waals surface area (Å²) in [5.74, 6) is 2.69. The number of aryl methyl sites for hydroxylation is 1. The van der Waals surface area contributed by atoms with E-state index in [2.05, 4.69) is 23.4 Å². The number of anilines is 1. The van der Waals surface area contributed by atoms with Gasteiger partial charge in [-0.1, -0.05) is 37.1 Å². The highest BCUT2D eigenvalue weighted by atomic mass is 32.2. The van der Waals surface area contributed by atoms with Crippen LogP contribution in [0, 0.1) is 5.92 Å². The molecule has 150 valence electrons. The molecule has 0 unspecified atom stereocenters. The van der Waals surface area contributed by atoms with Crippen molar-refractivity contribution in [3.05, 3.63) is 58.5 Å². The number of benzene rings is 2. The van der Waals surface area contributed by atoms with Crippen molar-refractivity contribution in [2.24, 2.45) is 13.0 Å². The largest absolute Gasteiger partial charge is 0.493 e. The molecule has 4 nitrogen and oxygen atoms in total. The van der Waals surface area contributed by atoms with Gasteiger partial charge in [-0.05, 0) is 54.3 Å². The Bertz CT molecular complexity index is 1130. The van der Waals surface area contributed by atoms with Crippen molar-refractivity contribution in [3.8, 4) is 16.9 Å². The van der Waals surface area contributed by atoms with E-state index in [-0.39, 0.29) is 5.56 Å². The van der Waals surface area contributed by atoms with Crippen molar-refractivity contribution in [3.63, 3.8) is 0 Å². The highest BCUT2D eigenvalue weighted by molar-refractivity contribution is 8.00. The lowest BCUT2D eigenvalue weighted by Crippen LogP contribution is -2.16. The first kappa shape index (κ1) is 18.6. The monoisotopic (exact) mass is 406 g/mol. The SMILES string of the molecule is CCSN1CCc2cc(OCC3CC3)c(-c3cn(C)c(=O)c4ccccc34)cc21. The first-order valence-corrected chi connectivity index (χ1v) is 11.4. The minimum absolute atomic E-state index is 0.0362. The number of hydrogen-bond acceptors (Lipinski definition) is 4. The highest BCUT2D eigenvalue weighted by Crippen LogP contribution is 2.43. The summed E-state index contributed by atoms with van der Waals surface area (Å²) in [7, 11) is 1.83. The highest BCUT2D eigenvalue weighted by Gasteiger charge is 2.26. The zero-order valence-electron chi connectivity index (χ0n) is 17.0. The lowest BCUT2D eigenvalue weighted by molar-refractivity contribution is 0.301. The fraction of sp³-hybridized carbons (Fsp3) is 0.375. The van der Waals surface area contributed by atoms with E-state index >= 15 is 0 Å². The van der Waals surface area contributed by atoms with Gasteiger partial charge in [-0.2, -0.15) is 0 Å². The molecule has 1 saturated carbocycles. The van der Waals surface area contributed by atoms with Crippen LogP contribution in [0.15, 0.2) is 47.4 Å². The van der Waals surface area contributed by atoms with Gasteiger partial charge in [0.25, 0.3) is 5.56 Å². The van der Waals surface area contributed by atoms with E-state index in [1.807, 2.05) is 49.5 Å². The third-order valence-electron chi connectivity index (χ3n) is 5.87. The number of rotatable bonds is 6. The molecular weight excluding hydrogens is 380 g/mol. The van der Waals surface area contributed by atoms with Gasteiger partial charge in [0.05, 0.1) is 12.3 Å². The molecule has 0 N–H and O–H groups in total. The predicted octanol–water partition coefficient (Wildman–Crippen LogP) is 5.02. The third-order valence-corrected chi connectivity index (χ3v) is 6.82. The van der Waals surface area contributed by atoms with Crippen LogP contribution in [0.4, 0.5) is 5.69 Å². The second-order valence-corrected chi connectivity index (χ2v) is 9.28. The van der Waals surface area contributed by atoms with Gasteiger partial charge in [0.15, 0.2) is 0 Å². The molecule has 0 radical (unpaired) electrons. The van der Waals surface area contributed by atoms with Gasteiger partial charge in [0.2, 0.25) is 0 Å². The first-order chi connectivity index (χ1) is 14.2. The number of ether oxygens (including phenoxy) is 1. The number of pyridine rings is 1. The first-order valence-electron chi connectivity index (χ1n) is 10.4. The summed E-state index contributed by atoms with van der Waals surface area (Å²) >= 11 is 1.87. The van der Waals surface area contributed by atoms with Gasteiger partial charge in [0, 0.05) is 42.1 Å². The number of aromatic nitrogens is 1. The van der Waals surface area contributed by atoms with Crippen molar-refractivity contribution >= 4 is 28.4 Å². The van der Waals surface area contributed by atoms with E-state index in [1.54, 1.807) is 4.57 Å². The van der Waals surface area contributed by atoms with Gasteiger partial charge in [0.1, 0.15) is 5.75 Å². The quantitative estimate of drug-likeness (QED) is 0.538. The lowest BCUT2D eigenvalue weighted by atomic mass is 9.97. The number of nitrogens with zero attached hydrogens (tertiary/aromatic N) is 2. The van der Waals surface area contributed by atoms with Crippen molar-refractivity contribution < 1.29 is 4.74 Å². The van der Waals surface area contributed by atoms with Gasteiger partial charge >= 0.3 is 0 Å². The zero-order valence-corrected chi connectivity index (χ0v) is 17.8. The Morgan fingerprint density at radius 1 is 1.14 bits per heavy atom. The fourth-order valence-electron chi connectivity index (χ4n) is 4.13. The Kier molecular flexibility index (Phi) is 4.78. The Hall–Kier alpha value is -2.40. The Balaban J connectivity index is 1.71. The lowest BCUT2D eigenvalue weighted by Gasteiger charge is -2.20. The summed E-state index contributed by atoms with van der Waals surface area (Å²) in [5, 5.41) is 1.74. The molecule has 1 aromatic heterocycles. The van der Waals surface area contributed by atoms with Crippen molar-refractivity contribution in [1.82, 2.24) is 4.57 Å². The average Bonchev–Trinajstić information content (AvgIpc) is 3.49. The molecule has 5 rings (SSSR count). The zero-order chi connectivity index (χ0) is 20.0. The molecule has 0 saturated heterocycles. The summed E-state index contributed by atoms with van der Waals surface area (Å²) in [6.45, 7) is 4.01. The fourth-order valence-corrected chi connectivity index (χ4v) is 4.97. The van der Waals surface area contributed by atoms with E-state index in [4.69, 9.17) is 4.74 Å². The van der Waals surface area contributed by atoms with Crippen molar-refractivity contribution in [2.75, 3.05) is 23.2 Å². The molecule has 1 aliphatic carbocycles. The van der Waals surface area contributed by atoms with Gasteiger partial charge < -0.3 is 13.6 Å². The summed E-state index contributed by atoms with van der Waals surface area (Å²) in [4.78, 5) is 12.7. The van der Waals surface area contributed by atoms with Crippen LogP contribution in [0.25, 0.3) is 21.9 Å². The van der Waals surface area contributed by atoms with Crippen molar-refractivity contribution in [1.29, 1.82) is 0 Å². The van der Waals surface area contributed by atoms with Crippen LogP contribution in [0.5, 0.6) is 5.75 Å². The summed E-state index contributed by atoms with van der Waals surface area (Å²) in [5.41, 5.74) is 4.82. The van der Waals surface area contributed by atoms with Crippen LogP contribution in [-0.2, 0) is 13.5 Å². The van der Waals surface area contributed by atoms with E-state index < -0.39 is 0 Å². The maximum absolute atomic E-state index is 12.7. The maximum atomic E-state index is 12.7. The van der Waals surface area contributed by atoms with E-state index in [0.717, 1.165) is 53.0 Å². The number of fused-ring (bicyclic) bond motifs is 2. The van der Waals surface area contributed by atoms with Crippen LogP contribution >= 0.6 is 11.9 Å². The van der Waals surface area contributed by atoms with Crippen LogP contribution in [0.3, 0.4) is 0 Å². The maximum Gasteiger partial charge on any atom is 0.258 e. The van der Waals surface area contributed by atoms with E-state index in [0.29, 0.717) is 5.92 Å². The van der Waals surface area contributed by atoms with E-state index in [9.17, 15) is 4.79 Å². The van der Waals surface area contributed by atoms with Gasteiger partial charge in [-0.25, -0.2) is 0 Å². The normalized spacial score (nSPS) is 15.7. The molecule has 0 bridgehead atoms. The molecule has 3 aromatic rings. The molecule has 1 aliphatic heterocycles. The van der Waals surface area contributed by atoms with Gasteiger partial charge in [-0.3, -0.25) is 4.79 Å². The minimum Gasteiger partial charge on any atom is -0.493 e. The van der Waals surface area contributed by atoms with Crippen LogP contribution < -0.4 is 14.6 Å². The summed E-state index contributed by atoms with van der Waals surface area (Å²) < 4.78 is 10.4. The predicted molar refractivity (Wildman–Crippen MR) is 122 cm³/mol. The molecule has 2 aliphatic rings. The van der Waals surface area contributed by atoms with Crippen LogP contribution in [0.2, 0.25) is 0 Å². The molecule has 5 heteroatoms. The smallest absolute Gasteiger partial charge is 0.258 e. The summed E-state index contributed by atoms with van der Waals surface area (Å²) in [6.07, 6.45) is 5.55. The Morgan fingerprint density at radius 2 is 1.93 bits per heavy atom. The molecule has 0 amide bonds. The average molecular weight is 407 g/mol. The van der Waals surface area contributed by atoms with Crippen LogP contribution in [0.1, 0.15) is 25.3 Å². The molecule has 0 spiro atoms. The van der Waals surface area contributed by atoms with Crippen molar-refractivity contribution in [2.45, 2.75) is 26.2 Å². The third kappa shape index (κ3) is 3.42. The standard InChI is InChI=1S/C24H26N2O2S/c1-3-29-26-11-10-17-12-23(28-15-16-8-9-16)20(13-22(17)26)21-14-25(2)24(27)19-7-5-4-6-18(19)21/h4-7,12-14,16H,3,8-11,15H2,1-2H3. The minimum atomic E-state index is 0.0362. The summed E-state index contributed by atoms with van der Waals surface area (Å²) in [6, 6.07) is 12.4. The molecular formula is C24H26N2O2S. The topological polar surface area (TPSA) is 34.5 Å².